The fraction of sp³-hybridized carbons (Fsp3) is 0.833. The molecule has 2 aliphatic carbocycles. The Balaban J connectivity index is 1.81. The molecule has 1 nitrogen and oxygen atoms in total. The normalized spacial score (nSPS) is 38.4. The van der Waals surface area contributed by atoms with Crippen molar-refractivity contribution in [2.24, 2.45) is 17.8 Å². The third kappa shape index (κ3) is 1.67. The van der Waals surface area contributed by atoms with Gasteiger partial charge >= 0.3 is 0 Å². The molecule has 13 heavy (non-hydrogen) atoms. The summed E-state index contributed by atoms with van der Waals surface area (Å²) in [5.41, 5.74) is 0. The van der Waals surface area contributed by atoms with E-state index < -0.39 is 0 Å². The lowest BCUT2D eigenvalue weighted by molar-refractivity contribution is 0.463. The lowest BCUT2D eigenvalue weighted by Crippen LogP contribution is -2.31. The molecule has 0 spiro atoms. The number of nitrogens with one attached hydrogen (secondary N) is 1. The van der Waals surface area contributed by atoms with E-state index in [4.69, 9.17) is 0 Å². The van der Waals surface area contributed by atoms with Gasteiger partial charge in [0.25, 0.3) is 0 Å². The molecular weight excluding hydrogens is 158 g/mol. The van der Waals surface area contributed by atoms with Gasteiger partial charge in [-0.05, 0) is 43.6 Å². The summed E-state index contributed by atoms with van der Waals surface area (Å²) in [5, 5.41) is 3.59. The van der Waals surface area contributed by atoms with Crippen LogP contribution in [0.3, 0.4) is 0 Å². The van der Waals surface area contributed by atoms with Crippen LogP contribution in [0.2, 0.25) is 0 Å². The molecule has 0 aliphatic heterocycles. The molecule has 3 atom stereocenters. The van der Waals surface area contributed by atoms with Crippen molar-refractivity contribution in [1.82, 2.24) is 5.32 Å². The molecule has 2 fully saturated rings. The molecule has 0 aromatic carbocycles. The molecule has 1 heteroatoms. The Hall–Kier alpha value is -0.300. The summed E-state index contributed by atoms with van der Waals surface area (Å²) < 4.78 is 0. The van der Waals surface area contributed by atoms with Crippen molar-refractivity contribution in [2.45, 2.75) is 38.6 Å². The largest absolute Gasteiger partial charge is 0.310 e. The quantitative estimate of drug-likeness (QED) is 0.640. The van der Waals surface area contributed by atoms with Gasteiger partial charge in [0.05, 0.1) is 0 Å². The van der Waals surface area contributed by atoms with Crippen LogP contribution in [0.1, 0.15) is 32.6 Å². The van der Waals surface area contributed by atoms with Crippen molar-refractivity contribution in [3.63, 3.8) is 0 Å². The third-order valence-electron chi connectivity index (χ3n) is 3.77. The highest BCUT2D eigenvalue weighted by Gasteiger charge is 2.54. The van der Waals surface area contributed by atoms with E-state index in [1.807, 2.05) is 0 Å². The second-order valence-electron chi connectivity index (χ2n) is 4.55. The fourth-order valence-corrected chi connectivity index (χ4v) is 3.10. The molecule has 0 aromatic heterocycles. The van der Waals surface area contributed by atoms with Gasteiger partial charge in [-0.1, -0.05) is 19.4 Å². The van der Waals surface area contributed by atoms with Gasteiger partial charge in [-0.2, -0.15) is 0 Å². The summed E-state index contributed by atoms with van der Waals surface area (Å²) in [6.45, 7) is 7.31. The van der Waals surface area contributed by atoms with E-state index in [1.165, 1.54) is 25.7 Å². The average Bonchev–Trinajstić information content (AvgIpc) is 2.62. The molecule has 2 aliphatic rings. The zero-order valence-corrected chi connectivity index (χ0v) is 8.63. The molecule has 0 bridgehead atoms. The third-order valence-corrected chi connectivity index (χ3v) is 3.77. The summed E-state index contributed by atoms with van der Waals surface area (Å²) in [6, 6.07) is 0.607. The Bertz CT molecular complexity index is 178. The van der Waals surface area contributed by atoms with Gasteiger partial charge in [0.2, 0.25) is 0 Å². The van der Waals surface area contributed by atoms with E-state index in [1.54, 1.807) is 0 Å². The predicted octanol–water partition coefficient (Wildman–Crippen LogP) is 2.59. The SMILES string of the molecule is C=CC(NCCC)C1C2CCCC21. The Kier molecular flexibility index (Phi) is 2.73. The van der Waals surface area contributed by atoms with E-state index in [2.05, 4.69) is 24.9 Å². The second kappa shape index (κ2) is 3.83. The highest BCUT2D eigenvalue weighted by atomic mass is 14.9. The van der Waals surface area contributed by atoms with Crippen LogP contribution in [-0.4, -0.2) is 12.6 Å². The van der Waals surface area contributed by atoms with Gasteiger partial charge in [-0.15, -0.1) is 6.58 Å². The van der Waals surface area contributed by atoms with Crippen LogP contribution in [0.5, 0.6) is 0 Å². The van der Waals surface area contributed by atoms with Crippen LogP contribution in [-0.2, 0) is 0 Å². The monoisotopic (exact) mass is 179 g/mol. The highest BCUT2D eigenvalue weighted by molar-refractivity contribution is 5.10. The van der Waals surface area contributed by atoms with Crippen molar-refractivity contribution in [2.75, 3.05) is 6.54 Å². The smallest absolute Gasteiger partial charge is 0.0281 e. The summed E-state index contributed by atoms with van der Waals surface area (Å²) in [6.07, 6.45) is 7.79. The molecule has 2 saturated carbocycles. The lowest BCUT2D eigenvalue weighted by atomic mass is 10.0. The van der Waals surface area contributed by atoms with Crippen molar-refractivity contribution in [3.8, 4) is 0 Å². The first-order chi connectivity index (χ1) is 6.38. The molecule has 0 radical (unpaired) electrons. The zero-order chi connectivity index (χ0) is 9.26. The number of hydrogen-bond donors (Lipinski definition) is 1. The minimum absolute atomic E-state index is 0.607. The first-order valence-corrected chi connectivity index (χ1v) is 5.74. The van der Waals surface area contributed by atoms with Crippen molar-refractivity contribution >= 4 is 0 Å². The molecule has 1 N–H and O–H groups in total. The van der Waals surface area contributed by atoms with E-state index in [0.717, 1.165) is 24.3 Å². The Morgan fingerprint density at radius 2 is 2.15 bits per heavy atom. The minimum Gasteiger partial charge on any atom is -0.310 e. The molecule has 2 rings (SSSR count). The molecule has 0 heterocycles. The van der Waals surface area contributed by atoms with Crippen LogP contribution in [0.4, 0.5) is 0 Å². The van der Waals surface area contributed by atoms with Crippen LogP contribution in [0, 0.1) is 17.8 Å². The topological polar surface area (TPSA) is 12.0 Å². The molecule has 74 valence electrons. The Morgan fingerprint density at radius 3 is 2.69 bits per heavy atom. The first kappa shape index (κ1) is 9.26. The molecule has 0 aromatic rings. The van der Waals surface area contributed by atoms with Crippen LogP contribution in [0.25, 0.3) is 0 Å². The van der Waals surface area contributed by atoms with Crippen molar-refractivity contribution < 1.29 is 0 Å². The maximum absolute atomic E-state index is 3.94. The second-order valence-corrected chi connectivity index (χ2v) is 4.55. The first-order valence-electron chi connectivity index (χ1n) is 5.74. The Labute approximate surface area is 81.6 Å². The minimum atomic E-state index is 0.607. The van der Waals surface area contributed by atoms with E-state index in [0.29, 0.717) is 6.04 Å². The molecule has 0 amide bonds. The summed E-state index contributed by atoms with van der Waals surface area (Å²) >= 11 is 0. The summed E-state index contributed by atoms with van der Waals surface area (Å²) in [5.74, 6) is 3.04. The van der Waals surface area contributed by atoms with Gasteiger partial charge in [-0.3, -0.25) is 0 Å². The maximum Gasteiger partial charge on any atom is 0.0281 e. The maximum atomic E-state index is 3.94. The van der Waals surface area contributed by atoms with Gasteiger partial charge in [0, 0.05) is 6.04 Å². The number of hydrogen-bond acceptors (Lipinski definition) is 1. The van der Waals surface area contributed by atoms with Gasteiger partial charge < -0.3 is 5.32 Å². The summed E-state index contributed by atoms with van der Waals surface area (Å²) in [4.78, 5) is 0. The average molecular weight is 179 g/mol. The van der Waals surface area contributed by atoms with E-state index in [-0.39, 0.29) is 0 Å². The highest BCUT2D eigenvalue weighted by Crippen LogP contribution is 2.59. The Morgan fingerprint density at radius 1 is 1.46 bits per heavy atom. The van der Waals surface area contributed by atoms with Gasteiger partial charge in [0.15, 0.2) is 0 Å². The van der Waals surface area contributed by atoms with E-state index in [9.17, 15) is 0 Å². The standard InChI is InChI=1S/C12H21N/c1-3-8-13-11(4-2)12-9-6-5-7-10(9)12/h4,9-13H,2-3,5-8H2,1H3. The zero-order valence-electron chi connectivity index (χ0n) is 8.63. The molecule has 3 unspecified atom stereocenters. The van der Waals surface area contributed by atoms with Crippen molar-refractivity contribution in [1.29, 1.82) is 0 Å². The lowest BCUT2D eigenvalue weighted by Gasteiger charge is -2.15. The predicted molar refractivity (Wildman–Crippen MR) is 56.6 cm³/mol. The number of rotatable bonds is 5. The van der Waals surface area contributed by atoms with Crippen LogP contribution >= 0.6 is 0 Å². The van der Waals surface area contributed by atoms with Crippen molar-refractivity contribution in [3.05, 3.63) is 12.7 Å². The van der Waals surface area contributed by atoms with Crippen LogP contribution in [0.15, 0.2) is 12.7 Å². The fourth-order valence-electron chi connectivity index (χ4n) is 3.10. The van der Waals surface area contributed by atoms with Gasteiger partial charge in [0.1, 0.15) is 0 Å². The molecular formula is C12H21N. The summed E-state index contributed by atoms with van der Waals surface area (Å²) in [7, 11) is 0. The molecule has 0 saturated heterocycles. The van der Waals surface area contributed by atoms with E-state index >= 15 is 0 Å². The van der Waals surface area contributed by atoms with Crippen LogP contribution < -0.4 is 5.32 Å². The van der Waals surface area contributed by atoms with Gasteiger partial charge in [-0.25, -0.2) is 0 Å². The number of fused-ring (bicyclic) bond motifs is 1.